The predicted molar refractivity (Wildman–Crippen MR) is 83.8 cm³/mol. The third kappa shape index (κ3) is 3.44. The maximum Gasteiger partial charge on any atom is 0.245 e. The van der Waals surface area contributed by atoms with Crippen molar-refractivity contribution in [3.05, 3.63) is 35.9 Å². The van der Waals surface area contributed by atoms with E-state index in [4.69, 9.17) is 4.74 Å². The Morgan fingerprint density at radius 1 is 1.29 bits per heavy atom. The molecule has 1 saturated heterocycles. The topological polar surface area (TPSA) is 41.6 Å². The molecule has 4 heteroatoms. The lowest BCUT2D eigenvalue weighted by molar-refractivity contribution is -0.133. The monoisotopic (exact) mass is 290 g/mol. The number of carbonyl (C=O) groups excluding carboxylic acids is 1. The molecule has 0 saturated carbocycles. The first-order chi connectivity index (χ1) is 10.2. The molecule has 1 fully saturated rings. The summed E-state index contributed by atoms with van der Waals surface area (Å²) in [6.07, 6.45) is 3.01. The van der Waals surface area contributed by atoms with E-state index in [1.165, 1.54) is 0 Å². The van der Waals surface area contributed by atoms with Gasteiger partial charge in [-0.3, -0.25) is 10.1 Å². The first kappa shape index (κ1) is 16.0. The molecule has 1 amide bonds. The molecule has 116 valence electrons. The zero-order chi connectivity index (χ0) is 15.2. The lowest BCUT2D eigenvalue weighted by Gasteiger charge is -2.31. The van der Waals surface area contributed by atoms with Gasteiger partial charge < -0.3 is 9.64 Å². The molecule has 1 N–H and O–H groups in total. The SMILES string of the molecule is CCCC(COC)N1C(=O)C(c2ccccc2)NC1CC. The Hall–Kier alpha value is -1.39. The van der Waals surface area contributed by atoms with Gasteiger partial charge in [0, 0.05) is 7.11 Å². The minimum atomic E-state index is -0.229. The molecule has 3 atom stereocenters. The largest absolute Gasteiger partial charge is 0.383 e. The standard InChI is InChI=1S/C17H26N2O2/c1-4-9-14(12-21-3)19-15(5-2)18-16(17(19)20)13-10-7-6-8-11-13/h6-8,10-11,14-16,18H,4-5,9,12H2,1-3H3. The number of hydrogen-bond acceptors (Lipinski definition) is 3. The molecule has 3 unspecified atom stereocenters. The molecular formula is C17H26N2O2. The second kappa shape index (κ2) is 7.57. The zero-order valence-corrected chi connectivity index (χ0v) is 13.2. The Kier molecular flexibility index (Phi) is 5.76. The maximum atomic E-state index is 12.9. The molecular weight excluding hydrogens is 264 g/mol. The van der Waals surface area contributed by atoms with Gasteiger partial charge in [-0.05, 0) is 18.4 Å². The van der Waals surface area contributed by atoms with Gasteiger partial charge in [0.15, 0.2) is 0 Å². The van der Waals surface area contributed by atoms with Crippen LogP contribution in [-0.4, -0.2) is 36.7 Å². The Morgan fingerprint density at radius 2 is 2.00 bits per heavy atom. The maximum absolute atomic E-state index is 12.9. The first-order valence-corrected chi connectivity index (χ1v) is 7.85. The third-order valence-electron chi connectivity index (χ3n) is 4.09. The van der Waals surface area contributed by atoms with Gasteiger partial charge in [-0.2, -0.15) is 0 Å². The highest BCUT2D eigenvalue weighted by atomic mass is 16.5. The van der Waals surface area contributed by atoms with Crippen LogP contribution in [-0.2, 0) is 9.53 Å². The Bertz CT molecular complexity index is 443. The Balaban J connectivity index is 2.22. The second-order valence-corrected chi connectivity index (χ2v) is 5.58. The lowest BCUT2D eigenvalue weighted by atomic mass is 10.1. The fraction of sp³-hybridized carbons (Fsp3) is 0.588. The van der Waals surface area contributed by atoms with Crippen LogP contribution in [0.4, 0.5) is 0 Å². The van der Waals surface area contributed by atoms with E-state index in [1.54, 1.807) is 7.11 Å². The summed E-state index contributed by atoms with van der Waals surface area (Å²) >= 11 is 0. The van der Waals surface area contributed by atoms with Gasteiger partial charge in [-0.1, -0.05) is 50.6 Å². The minimum Gasteiger partial charge on any atom is -0.383 e. The minimum absolute atomic E-state index is 0.0920. The van der Waals surface area contributed by atoms with Gasteiger partial charge >= 0.3 is 0 Å². The highest BCUT2D eigenvalue weighted by molar-refractivity contribution is 5.86. The number of nitrogens with zero attached hydrogens (tertiary/aromatic N) is 1. The molecule has 0 aromatic heterocycles. The highest BCUT2D eigenvalue weighted by Crippen LogP contribution is 2.28. The predicted octanol–water partition coefficient (Wildman–Crippen LogP) is 2.71. The Morgan fingerprint density at radius 3 is 2.57 bits per heavy atom. The van der Waals surface area contributed by atoms with Crippen LogP contribution < -0.4 is 5.32 Å². The number of carbonyl (C=O) groups is 1. The van der Waals surface area contributed by atoms with E-state index in [1.807, 2.05) is 35.2 Å². The van der Waals surface area contributed by atoms with Crippen molar-refractivity contribution in [2.45, 2.75) is 51.4 Å². The van der Waals surface area contributed by atoms with Crippen molar-refractivity contribution >= 4 is 5.91 Å². The number of nitrogens with one attached hydrogen (secondary N) is 1. The molecule has 2 rings (SSSR count). The van der Waals surface area contributed by atoms with Crippen LogP contribution in [0.25, 0.3) is 0 Å². The summed E-state index contributed by atoms with van der Waals surface area (Å²) in [7, 11) is 1.70. The summed E-state index contributed by atoms with van der Waals surface area (Å²) in [6, 6.07) is 9.88. The van der Waals surface area contributed by atoms with Crippen molar-refractivity contribution in [1.82, 2.24) is 10.2 Å². The number of methoxy groups -OCH3 is 1. The summed E-state index contributed by atoms with van der Waals surface area (Å²) in [4.78, 5) is 14.9. The zero-order valence-electron chi connectivity index (χ0n) is 13.2. The fourth-order valence-corrected chi connectivity index (χ4v) is 3.11. The third-order valence-corrected chi connectivity index (χ3v) is 4.09. The summed E-state index contributed by atoms with van der Waals surface area (Å²) in [5.41, 5.74) is 1.04. The van der Waals surface area contributed by atoms with Crippen LogP contribution in [0.5, 0.6) is 0 Å². The van der Waals surface area contributed by atoms with E-state index in [0.29, 0.717) is 6.61 Å². The van der Waals surface area contributed by atoms with Crippen molar-refractivity contribution in [3.63, 3.8) is 0 Å². The molecule has 1 aromatic rings. The van der Waals surface area contributed by atoms with Crippen molar-refractivity contribution < 1.29 is 9.53 Å². The fourth-order valence-electron chi connectivity index (χ4n) is 3.11. The molecule has 0 spiro atoms. The van der Waals surface area contributed by atoms with Crippen LogP contribution in [0.1, 0.15) is 44.7 Å². The quantitative estimate of drug-likeness (QED) is 0.839. The van der Waals surface area contributed by atoms with Gasteiger partial charge in [-0.25, -0.2) is 0 Å². The van der Waals surface area contributed by atoms with Gasteiger partial charge in [0.25, 0.3) is 0 Å². The van der Waals surface area contributed by atoms with E-state index in [-0.39, 0.29) is 24.2 Å². The number of amides is 1. The number of benzene rings is 1. The first-order valence-electron chi connectivity index (χ1n) is 7.85. The van der Waals surface area contributed by atoms with Crippen LogP contribution >= 0.6 is 0 Å². The lowest BCUT2D eigenvalue weighted by Crippen LogP contribution is -2.46. The van der Waals surface area contributed by atoms with Gasteiger partial charge in [-0.15, -0.1) is 0 Å². The average molecular weight is 290 g/mol. The van der Waals surface area contributed by atoms with E-state index < -0.39 is 0 Å². The summed E-state index contributed by atoms with van der Waals surface area (Å²) in [5, 5.41) is 3.47. The molecule has 1 heterocycles. The molecule has 1 aliphatic rings. The number of rotatable bonds is 7. The van der Waals surface area contributed by atoms with E-state index in [9.17, 15) is 4.79 Å². The van der Waals surface area contributed by atoms with Gasteiger partial charge in [0.1, 0.15) is 6.04 Å². The molecule has 0 radical (unpaired) electrons. The van der Waals surface area contributed by atoms with Crippen LogP contribution in [0.2, 0.25) is 0 Å². The van der Waals surface area contributed by atoms with Crippen LogP contribution in [0, 0.1) is 0 Å². The molecule has 1 aromatic carbocycles. The Labute approximate surface area is 127 Å². The summed E-state index contributed by atoms with van der Waals surface area (Å²) in [5.74, 6) is 0.170. The molecule has 0 aliphatic carbocycles. The van der Waals surface area contributed by atoms with Crippen molar-refractivity contribution in [2.75, 3.05) is 13.7 Å². The normalized spacial score (nSPS) is 23.6. The van der Waals surface area contributed by atoms with E-state index >= 15 is 0 Å². The second-order valence-electron chi connectivity index (χ2n) is 5.58. The van der Waals surface area contributed by atoms with Gasteiger partial charge in [0.2, 0.25) is 5.91 Å². The van der Waals surface area contributed by atoms with E-state index in [2.05, 4.69) is 19.2 Å². The average Bonchev–Trinajstić information content (AvgIpc) is 2.84. The molecule has 0 bridgehead atoms. The smallest absolute Gasteiger partial charge is 0.245 e. The van der Waals surface area contributed by atoms with Gasteiger partial charge in [0.05, 0.1) is 18.8 Å². The van der Waals surface area contributed by atoms with Crippen LogP contribution in [0.15, 0.2) is 30.3 Å². The highest BCUT2D eigenvalue weighted by Gasteiger charge is 2.41. The number of hydrogen-bond donors (Lipinski definition) is 1. The van der Waals surface area contributed by atoms with E-state index in [0.717, 1.165) is 24.8 Å². The molecule has 1 aliphatic heterocycles. The summed E-state index contributed by atoms with van der Waals surface area (Å²) in [6.45, 7) is 4.85. The van der Waals surface area contributed by atoms with Crippen molar-refractivity contribution in [3.8, 4) is 0 Å². The van der Waals surface area contributed by atoms with Crippen molar-refractivity contribution in [1.29, 1.82) is 0 Å². The van der Waals surface area contributed by atoms with Crippen molar-refractivity contribution in [2.24, 2.45) is 0 Å². The molecule has 21 heavy (non-hydrogen) atoms. The molecule has 4 nitrogen and oxygen atoms in total. The van der Waals surface area contributed by atoms with Crippen LogP contribution in [0.3, 0.4) is 0 Å². The number of ether oxygens (including phenoxy) is 1. The summed E-state index contributed by atoms with van der Waals surface area (Å²) < 4.78 is 5.33.